The van der Waals surface area contributed by atoms with E-state index in [9.17, 15) is 13.5 Å². The highest BCUT2D eigenvalue weighted by atomic mass is 32.2. The van der Waals surface area contributed by atoms with Crippen molar-refractivity contribution >= 4 is 38.7 Å². The Morgan fingerprint density at radius 2 is 2.03 bits per heavy atom. The van der Waals surface area contributed by atoms with Crippen molar-refractivity contribution in [2.75, 3.05) is 49.4 Å². The number of thiocarbonyl (C=S) groups is 1. The minimum absolute atomic E-state index is 0.0577. The summed E-state index contributed by atoms with van der Waals surface area (Å²) in [7, 11) is -1.76. The Balaban J connectivity index is 1.78. The van der Waals surface area contributed by atoms with Gasteiger partial charge >= 0.3 is 0 Å². The molecule has 0 radical (unpaired) electrons. The van der Waals surface area contributed by atoms with Crippen LogP contribution in [0.1, 0.15) is 38.3 Å². The molecule has 2 aliphatic rings. The van der Waals surface area contributed by atoms with Gasteiger partial charge in [-0.2, -0.15) is 0 Å². The van der Waals surface area contributed by atoms with Crippen molar-refractivity contribution < 1.29 is 18.3 Å². The minimum atomic E-state index is -3.51. The molecule has 190 valence electrons. The smallest absolute Gasteiger partial charge is 0.170 e. The molecule has 2 heterocycles. The molecule has 9 nitrogen and oxygen atoms in total. The van der Waals surface area contributed by atoms with Crippen LogP contribution >= 0.6 is 12.2 Å². The number of benzene rings is 1. The summed E-state index contributed by atoms with van der Waals surface area (Å²) >= 11 is 5.17. The first-order valence-corrected chi connectivity index (χ1v) is 14.0. The predicted molar refractivity (Wildman–Crippen MR) is 141 cm³/mol. The lowest BCUT2D eigenvalue weighted by molar-refractivity contribution is 0.0985. The summed E-state index contributed by atoms with van der Waals surface area (Å²) in [4.78, 5) is 11.9. The van der Waals surface area contributed by atoms with Crippen LogP contribution in [0.15, 0.2) is 30.3 Å². The molecule has 1 aliphatic heterocycles. The van der Waals surface area contributed by atoms with Crippen molar-refractivity contribution in [2.45, 2.75) is 43.4 Å². The van der Waals surface area contributed by atoms with E-state index >= 15 is 0 Å². The molecule has 1 saturated carbocycles. The van der Waals surface area contributed by atoms with Gasteiger partial charge in [0, 0.05) is 37.5 Å². The Morgan fingerprint density at radius 3 is 2.63 bits per heavy atom. The summed E-state index contributed by atoms with van der Waals surface area (Å²) < 4.78 is 31.4. The van der Waals surface area contributed by atoms with Gasteiger partial charge in [0.1, 0.15) is 10.6 Å². The maximum absolute atomic E-state index is 13.4. The molecule has 1 saturated heterocycles. The zero-order chi connectivity index (χ0) is 25.1. The second kappa shape index (κ2) is 10.7. The minimum Gasteiger partial charge on any atom is -0.396 e. The van der Waals surface area contributed by atoms with E-state index in [0.717, 1.165) is 17.7 Å². The molecule has 0 amide bonds. The van der Waals surface area contributed by atoms with Gasteiger partial charge in [-0.05, 0) is 69.1 Å². The van der Waals surface area contributed by atoms with E-state index in [2.05, 4.69) is 22.5 Å². The van der Waals surface area contributed by atoms with Crippen LogP contribution in [-0.4, -0.2) is 73.8 Å². The molecule has 2 fully saturated rings. The maximum atomic E-state index is 13.4. The average molecular weight is 520 g/mol. The molecule has 0 bridgehead atoms. The topological polar surface area (TPSA) is 117 Å². The van der Waals surface area contributed by atoms with Crippen molar-refractivity contribution in [3.8, 4) is 11.4 Å². The molecule has 0 unspecified atom stereocenters. The Kier molecular flexibility index (Phi) is 7.89. The van der Waals surface area contributed by atoms with E-state index < -0.39 is 14.6 Å². The first-order chi connectivity index (χ1) is 16.8. The summed E-state index contributed by atoms with van der Waals surface area (Å²) in [5, 5.41) is 15.7. The molecule has 2 aromatic rings. The van der Waals surface area contributed by atoms with E-state index in [1.807, 2.05) is 30.3 Å². The van der Waals surface area contributed by atoms with Crippen LogP contribution in [0.3, 0.4) is 0 Å². The van der Waals surface area contributed by atoms with Crippen LogP contribution in [0.2, 0.25) is 0 Å². The third-order valence-electron chi connectivity index (χ3n) is 6.80. The molecule has 1 aromatic heterocycles. The maximum Gasteiger partial charge on any atom is 0.170 e. The first kappa shape index (κ1) is 25.7. The number of aliphatic hydroxyl groups excluding tert-OH is 1. The summed E-state index contributed by atoms with van der Waals surface area (Å²) in [5.41, 5.74) is 2.16. The van der Waals surface area contributed by atoms with Gasteiger partial charge in [-0.3, -0.25) is 0 Å². The Bertz CT molecular complexity index is 1150. The number of aromatic nitrogens is 2. The number of hydrogen-bond donors (Lipinski definition) is 3. The second-order valence-corrected chi connectivity index (χ2v) is 11.9. The van der Waals surface area contributed by atoms with Crippen LogP contribution in [0, 0.1) is 0 Å². The van der Waals surface area contributed by atoms with E-state index in [-0.39, 0.29) is 24.8 Å². The molecule has 4 rings (SSSR count). The third kappa shape index (κ3) is 5.28. The number of nitrogens with zero attached hydrogens (tertiary/aromatic N) is 3. The predicted octanol–water partition coefficient (Wildman–Crippen LogP) is 2.46. The standard InChI is InChI=1S/C24H33N5O4S2/c1-17-16-33-13-11-29(17)21-15-20(24(9-3-10-24)35(31,32)14-4-12-30)27-22(28-21)18-5-7-19(8-6-18)26-23(34)25-2/h5-8,15,17,30H,3-4,9-14,16H2,1-2H3,(H2,25,26,34)/t17-/m0/s1. The number of nitrogens with one attached hydrogen (secondary N) is 2. The molecule has 1 aromatic carbocycles. The Labute approximate surface area is 212 Å². The van der Waals surface area contributed by atoms with Crippen LogP contribution in [-0.2, 0) is 19.3 Å². The lowest BCUT2D eigenvalue weighted by Crippen LogP contribution is -2.46. The summed E-state index contributed by atoms with van der Waals surface area (Å²) in [6.45, 7) is 3.76. The second-order valence-electron chi connectivity index (χ2n) is 9.08. The van der Waals surface area contributed by atoms with Crippen molar-refractivity contribution in [1.82, 2.24) is 15.3 Å². The van der Waals surface area contributed by atoms with Gasteiger partial charge in [0.2, 0.25) is 0 Å². The molecular formula is C24H33N5O4S2. The summed E-state index contributed by atoms with van der Waals surface area (Å²) in [6.07, 6.45) is 2.10. The number of sulfone groups is 1. The van der Waals surface area contributed by atoms with E-state index in [0.29, 0.717) is 55.0 Å². The van der Waals surface area contributed by atoms with E-state index in [1.54, 1.807) is 7.05 Å². The fourth-order valence-electron chi connectivity index (χ4n) is 4.58. The van der Waals surface area contributed by atoms with Gasteiger partial charge < -0.3 is 25.4 Å². The number of ether oxygens (including phenoxy) is 1. The van der Waals surface area contributed by atoms with Crippen LogP contribution in [0.4, 0.5) is 11.5 Å². The van der Waals surface area contributed by atoms with Crippen molar-refractivity contribution in [1.29, 1.82) is 0 Å². The summed E-state index contributed by atoms with van der Waals surface area (Å²) in [6, 6.07) is 9.55. The molecule has 11 heteroatoms. The lowest BCUT2D eigenvalue weighted by Gasteiger charge is -2.41. The Hall–Kier alpha value is -2.34. The molecule has 35 heavy (non-hydrogen) atoms. The number of hydrogen-bond acceptors (Lipinski definition) is 8. The summed E-state index contributed by atoms with van der Waals surface area (Å²) in [5.74, 6) is 1.14. The SMILES string of the molecule is CNC(=S)Nc1ccc(-c2nc(N3CCOC[C@@H]3C)cc(C3(S(=O)(=O)CCCO)CCC3)n2)cc1. The molecular weight excluding hydrogens is 486 g/mol. The lowest BCUT2D eigenvalue weighted by atomic mass is 9.81. The zero-order valence-electron chi connectivity index (χ0n) is 20.2. The van der Waals surface area contributed by atoms with Gasteiger partial charge in [0.05, 0.1) is 30.7 Å². The number of anilines is 2. The normalized spacial score (nSPS) is 19.6. The molecule has 1 aliphatic carbocycles. The van der Waals surface area contributed by atoms with Gasteiger partial charge in [-0.1, -0.05) is 0 Å². The molecule has 1 atom stereocenters. The van der Waals surface area contributed by atoms with Crippen LogP contribution in [0.25, 0.3) is 11.4 Å². The van der Waals surface area contributed by atoms with Crippen LogP contribution in [0.5, 0.6) is 0 Å². The fraction of sp³-hybridized carbons (Fsp3) is 0.542. The van der Waals surface area contributed by atoms with Crippen molar-refractivity contribution in [3.05, 3.63) is 36.0 Å². The largest absolute Gasteiger partial charge is 0.396 e. The van der Waals surface area contributed by atoms with Gasteiger partial charge in [-0.25, -0.2) is 18.4 Å². The van der Waals surface area contributed by atoms with Crippen molar-refractivity contribution in [2.24, 2.45) is 0 Å². The average Bonchev–Trinajstić information content (AvgIpc) is 2.82. The van der Waals surface area contributed by atoms with E-state index in [4.69, 9.17) is 26.9 Å². The third-order valence-corrected chi connectivity index (χ3v) is 9.74. The zero-order valence-corrected chi connectivity index (χ0v) is 21.8. The molecule has 0 spiro atoms. The van der Waals surface area contributed by atoms with E-state index in [1.165, 1.54) is 0 Å². The fourth-order valence-corrected chi connectivity index (χ4v) is 6.93. The quantitative estimate of drug-likeness (QED) is 0.449. The first-order valence-electron chi connectivity index (χ1n) is 12.0. The monoisotopic (exact) mass is 519 g/mol. The highest BCUT2D eigenvalue weighted by Gasteiger charge is 2.51. The highest BCUT2D eigenvalue weighted by molar-refractivity contribution is 7.92. The van der Waals surface area contributed by atoms with Crippen LogP contribution < -0.4 is 15.5 Å². The highest BCUT2D eigenvalue weighted by Crippen LogP contribution is 2.49. The van der Waals surface area contributed by atoms with Gasteiger partial charge in [0.15, 0.2) is 20.8 Å². The van der Waals surface area contributed by atoms with Crippen molar-refractivity contribution in [3.63, 3.8) is 0 Å². The number of morpholine rings is 1. The Morgan fingerprint density at radius 1 is 1.29 bits per heavy atom. The number of rotatable bonds is 8. The number of aliphatic hydroxyl groups is 1. The van der Waals surface area contributed by atoms with Gasteiger partial charge in [0.25, 0.3) is 0 Å². The molecule has 3 N–H and O–H groups in total. The van der Waals surface area contributed by atoms with Gasteiger partial charge in [-0.15, -0.1) is 0 Å².